The third-order valence-electron chi connectivity index (χ3n) is 4.21. The first-order valence-corrected chi connectivity index (χ1v) is 7.25. The summed E-state index contributed by atoms with van der Waals surface area (Å²) in [5, 5.41) is 21.5. The van der Waals surface area contributed by atoms with Gasteiger partial charge in [0.25, 0.3) is 0 Å². The number of nitrogens with zero attached hydrogens (tertiary/aromatic N) is 2. The predicted octanol–water partition coefficient (Wildman–Crippen LogP) is 4.20. The lowest BCUT2D eigenvalue weighted by Crippen LogP contribution is -2.19. The van der Waals surface area contributed by atoms with Crippen LogP contribution in [0.1, 0.15) is 57.1 Å². The molecule has 20 heavy (non-hydrogen) atoms. The predicted molar refractivity (Wildman–Crippen MR) is 80.1 cm³/mol. The molecule has 3 heteroatoms. The quantitative estimate of drug-likeness (QED) is 0.817. The van der Waals surface area contributed by atoms with E-state index in [1.165, 1.54) is 25.7 Å². The molecule has 0 bridgehead atoms. The van der Waals surface area contributed by atoms with Crippen LogP contribution in [0.3, 0.4) is 0 Å². The van der Waals surface area contributed by atoms with Crippen molar-refractivity contribution in [2.24, 2.45) is 5.41 Å². The van der Waals surface area contributed by atoms with Crippen LogP contribution in [0.15, 0.2) is 18.2 Å². The molecular weight excluding hydrogens is 246 g/mol. The molecule has 1 atom stereocenters. The maximum Gasteiger partial charge on any atom is 0.101 e. The van der Waals surface area contributed by atoms with E-state index in [-0.39, 0.29) is 0 Å². The lowest BCUT2D eigenvalue weighted by Gasteiger charge is -2.22. The minimum Gasteiger partial charge on any atom is -0.382 e. The van der Waals surface area contributed by atoms with Gasteiger partial charge in [0.1, 0.15) is 12.1 Å². The van der Waals surface area contributed by atoms with Crippen LogP contribution in [0.5, 0.6) is 0 Å². The van der Waals surface area contributed by atoms with Crippen LogP contribution in [0.25, 0.3) is 0 Å². The van der Waals surface area contributed by atoms with E-state index in [4.69, 9.17) is 10.5 Å². The minimum absolute atomic E-state index is 0.443. The Morgan fingerprint density at radius 2 is 1.85 bits per heavy atom. The van der Waals surface area contributed by atoms with E-state index in [9.17, 15) is 0 Å². The fraction of sp³-hybridized carbons (Fsp3) is 0.529. The first kappa shape index (κ1) is 14.4. The van der Waals surface area contributed by atoms with Crippen molar-refractivity contribution in [3.63, 3.8) is 0 Å². The Morgan fingerprint density at radius 1 is 1.10 bits per heavy atom. The molecule has 104 valence electrons. The summed E-state index contributed by atoms with van der Waals surface area (Å²) < 4.78 is 0. The summed E-state index contributed by atoms with van der Waals surface area (Å²) in [5.74, 6) is 0. The van der Waals surface area contributed by atoms with Gasteiger partial charge in [0.15, 0.2) is 0 Å². The molecule has 1 aromatic rings. The molecule has 1 aliphatic carbocycles. The molecule has 1 saturated carbocycles. The van der Waals surface area contributed by atoms with E-state index in [1.54, 1.807) is 12.1 Å². The normalized spacial score (nSPS) is 21.3. The Labute approximate surface area is 121 Å². The van der Waals surface area contributed by atoms with Crippen molar-refractivity contribution in [3.8, 4) is 12.1 Å². The van der Waals surface area contributed by atoms with Crippen LogP contribution >= 0.6 is 0 Å². The number of benzene rings is 1. The Kier molecular flexibility index (Phi) is 4.30. The van der Waals surface area contributed by atoms with Crippen LogP contribution < -0.4 is 5.32 Å². The highest BCUT2D eigenvalue weighted by atomic mass is 14.9. The molecule has 0 aromatic heterocycles. The second-order valence-electron chi connectivity index (χ2n) is 6.42. The van der Waals surface area contributed by atoms with Gasteiger partial charge in [-0.3, -0.25) is 0 Å². The summed E-state index contributed by atoms with van der Waals surface area (Å²) in [6.45, 7) is 4.68. The highest BCUT2D eigenvalue weighted by molar-refractivity contribution is 5.56. The average Bonchev–Trinajstić information content (AvgIpc) is 2.60. The molecule has 0 radical (unpaired) electrons. The summed E-state index contributed by atoms with van der Waals surface area (Å²) in [5.41, 5.74) is 2.29. The van der Waals surface area contributed by atoms with Gasteiger partial charge in [-0.15, -0.1) is 0 Å². The number of rotatable bonds is 2. The fourth-order valence-electron chi connectivity index (χ4n) is 2.87. The largest absolute Gasteiger partial charge is 0.382 e. The van der Waals surface area contributed by atoms with Crippen molar-refractivity contribution < 1.29 is 0 Å². The highest BCUT2D eigenvalue weighted by Crippen LogP contribution is 2.34. The van der Waals surface area contributed by atoms with Crippen molar-refractivity contribution in [1.29, 1.82) is 10.5 Å². The molecule has 0 spiro atoms. The van der Waals surface area contributed by atoms with Crippen molar-refractivity contribution >= 4 is 5.69 Å². The van der Waals surface area contributed by atoms with Gasteiger partial charge in [-0.05, 0) is 49.3 Å². The third-order valence-corrected chi connectivity index (χ3v) is 4.21. The Balaban J connectivity index is 2.07. The number of nitrogens with one attached hydrogen (secondary N) is 1. The zero-order valence-corrected chi connectivity index (χ0v) is 12.2. The molecule has 1 fully saturated rings. The summed E-state index contributed by atoms with van der Waals surface area (Å²) in [7, 11) is 0. The van der Waals surface area contributed by atoms with Gasteiger partial charge in [0.05, 0.1) is 11.1 Å². The standard InChI is InChI=1S/C17H21N3/c1-17(2)8-3-4-15(7-9-17)20-16-6-5-13(11-18)14(10-16)12-19/h5-6,10,15,20H,3-4,7-9H2,1-2H3. The molecule has 2 rings (SSSR count). The van der Waals surface area contributed by atoms with Crippen molar-refractivity contribution in [1.82, 2.24) is 0 Å². The monoisotopic (exact) mass is 267 g/mol. The van der Waals surface area contributed by atoms with E-state index < -0.39 is 0 Å². The van der Waals surface area contributed by atoms with E-state index in [1.807, 2.05) is 12.1 Å². The molecular formula is C17H21N3. The Bertz CT molecular complexity index is 561. The summed E-state index contributed by atoms with van der Waals surface area (Å²) >= 11 is 0. The second-order valence-corrected chi connectivity index (χ2v) is 6.42. The van der Waals surface area contributed by atoms with Gasteiger partial charge in [-0.2, -0.15) is 10.5 Å². The lowest BCUT2D eigenvalue weighted by atomic mass is 9.85. The van der Waals surface area contributed by atoms with Gasteiger partial charge >= 0.3 is 0 Å². The fourth-order valence-corrected chi connectivity index (χ4v) is 2.87. The van der Waals surface area contributed by atoms with Crippen LogP contribution in [0, 0.1) is 28.1 Å². The van der Waals surface area contributed by atoms with Gasteiger partial charge in [-0.25, -0.2) is 0 Å². The van der Waals surface area contributed by atoms with Crippen molar-refractivity contribution in [3.05, 3.63) is 29.3 Å². The van der Waals surface area contributed by atoms with Crippen molar-refractivity contribution in [2.45, 2.75) is 52.0 Å². The van der Waals surface area contributed by atoms with Gasteiger partial charge < -0.3 is 5.32 Å². The van der Waals surface area contributed by atoms with E-state index in [0.29, 0.717) is 22.6 Å². The Morgan fingerprint density at radius 3 is 2.55 bits per heavy atom. The molecule has 0 heterocycles. The third kappa shape index (κ3) is 3.52. The molecule has 1 aromatic carbocycles. The molecule has 3 nitrogen and oxygen atoms in total. The van der Waals surface area contributed by atoms with E-state index >= 15 is 0 Å². The topological polar surface area (TPSA) is 59.6 Å². The molecule has 1 unspecified atom stereocenters. The van der Waals surface area contributed by atoms with Crippen molar-refractivity contribution in [2.75, 3.05) is 5.32 Å². The molecule has 1 aliphatic rings. The lowest BCUT2D eigenvalue weighted by molar-refractivity contribution is 0.313. The van der Waals surface area contributed by atoms with Crippen LogP contribution in [0.2, 0.25) is 0 Å². The molecule has 0 aliphatic heterocycles. The summed E-state index contributed by atoms with van der Waals surface area (Å²) in [6, 6.07) is 10.0. The summed E-state index contributed by atoms with van der Waals surface area (Å²) in [4.78, 5) is 0. The smallest absolute Gasteiger partial charge is 0.101 e. The molecule has 0 amide bonds. The summed E-state index contributed by atoms with van der Waals surface area (Å²) in [6.07, 6.45) is 6.08. The van der Waals surface area contributed by atoms with Gasteiger partial charge in [0, 0.05) is 11.7 Å². The second kappa shape index (κ2) is 5.97. The first-order valence-electron chi connectivity index (χ1n) is 7.25. The van der Waals surface area contributed by atoms with Crippen LogP contribution in [-0.2, 0) is 0 Å². The highest BCUT2D eigenvalue weighted by Gasteiger charge is 2.24. The molecule has 0 saturated heterocycles. The van der Waals surface area contributed by atoms with E-state index in [2.05, 4.69) is 25.2 Å². The number of nitriles is 2. The Hall–Kier alpha value is -2.00. The maximum absolute atomic E-state index is 9.06. The zero-order chi connectivity index (χ0) is 14.6. The van der Waals surface area contributed by atoms with Crippen LogP contribution in [0.4, 0.5) is 5.69 Å². The van der Waals surface area contributed by atoms with Gasteiger partial charge in [-0.1, -0.05) is 20.3 Å². The van der Waals surface area contributed by atoms with E-state index in [0.717, 1.165) is 12.1 Å². The van der Waals surface area contributed by atoms with Crippen LogP contribution in [-0.4, -0.2) is 6.04 Å². The van der Waals surface area contributed by atoms with Gasteiger partial charge in [0.2, 0.25) is 0 Å². The minimum atomic E-state index is 0.443. The zero-order valence-electron chi connectivity index (χ0n) is 12.2. The number of hydrogen-bond donors (Lipinski definition) is 1. The average molecular weight is 267 g/mol. The number of hydrogen-bond acceptors (Lipinski definition) is 3. The molecule has 1 N–H and O–H groups in total. The first-order chi connectivity index (χ1) is 9.54. The number of anilines is 1. The maximum atomic E-state index is 9.06. The SMILES string of the molecule is CC1(C)CCCC(Nc2ccc(C#N)c(C#N)c2)CC1.